The van der Waals surface area contributed by atoms with Crippen LogP contribution >= 0.6 is 0 Å². The Hall–Kier alpha value is -2.76. The monoisotopic (exact) mass is 316 g/mol. The Balaban J connectivity index is 2.28. The first-order valence-corrected chi connectivity index (χ1v) is 7.05. The molecule has 0 unspecified atom stereocenters. The molecule has 0 aliphatic carbocycles. The number of pyridine rings is 1. The van der Waals surface area contributed by atoms with Gasteiger partial charge in [0.25, 0.3) is 5.91 Å². The topological polar surface area (TPSA) is 60.9 Å². The fourth-order valence-electron chi connectivity index (χ4n) is 2.26. The van der Waals surface area contributed by atoms with Gasteiger partial charge in [0, 0.05) is 31.5 Å². The molecule has 0 bridgehead atoms. The van der Waals surface area contributed by atoms with Crippen LogP contribution in [0.15, 0.2) is 36.7 Å². The number of ether oxygens (including phenoxy) is 3. The van der Waals surface area contributed by atoms with Crippen LogP contribution in [0.1, 0.15) is 15.9 Å². The minimum absolute atomic E-state index is 0.145. The molecular weight excluding hydrogens is 296 g/mol. The van der Waals surface area contributed by atoms with Gasteiger partial charge in [-0.3, -0.25) is 9.78 Å². The van der Waals surface area contributed by atoms with Gasteiger partial charge in [0.05, 0.1) is 21.3 Å². The third kappa shape index (κ3) is 3.71. The number of rotatable bonds is 6. The Labute approximate surface area is 135 Å². The number of amides is 1. The highest BCUT2D eigenvalue weighted by molar-refractivity contribution is 5.95. The molecule has 0 spiro atoms. The molecule has 0 radical (unpaired) electrons. The van der Waals surface area contributed by atoms with Gasteiger partial charge in [-0.05, 0) is 23.8 Å². The summed E-state index contributed by atoms with van der Waals surface area (Å²) >= 11 is 0. The van der Waals surface area contributed by atoms with Crippen molar-refractivity contribution in [2.45, 2.75) is 6.54 Å². The standard InChI is InChI=1S/C17H20N2O4/c1-19(11-12-6-5-7-18-10-12)17(20)13-8-14(21-2)16(23-4)15(9-13)22-3/h5-10H,11H2,1-4H3. The SMILES string of the molecule is COc1cc(C(=O)N(C)Cc2cccnc2)cc(OC)c1OC. The van der Waals surface area contributed by atoms with Gasteiger partial charge in [0.15, 0.2) is 11.5 Å². The summed E-state index contributed by atoms with van der Waals surface area (Å²) in [6, 6.07) is 7.05. The number of methoxy groups -OCH3 is 3. The summed E-state index contributed by atoms with van der Waals surface area (Å²) in [5.41, 5.74) is 1.42. The third-order valence-electron chi connectivity index (χ3n) is 3.40. The smallest absolute Gasteiger partial charge is 0.254 e. The predicted octanol–water partition coefficient (Wildman–Crippen LogP) is 2.38. The molecule has 0 N–H and O–H groups in total. The second kappa shape index (κ2) is 7.49. The van der Waals surface area contributed by atoms with Crippen molar-refractivity contribution in [1.29, 1.82) is 0 Å². The van der Waals surface area contributed by atoms with Crippen LogP contribution in [-0.4, -0.2) is 44.2 Å². The molecule has 2 rings (SSSR count). The summed E-state index contributed by atoms with van der Waals surface area (Å²) in [5.74, 6) is 1.21. The Kier molecular flexibility index (Phi) is 5.41. The maximum Gasteiger partial charge on any atom is 0.254 e. The van der Waals surface area contributed by atoms with Crippen molar-refractivity contribution in [3.8, 4) is 17.2 Å². The van der Waals surface area contributed by atoms with Gasteiger partial charge in [0.2, 0.25) is 5.75 Å². The van der Waals surface area contributed by atoms with E-state index in [0.717, 1.165) is 5.56 Å². The number of benzene rings is 1. The summed E-state index contributed by atoms with van der Waals surface area (Å²) in [7, 11) is 6.30. The molecule has 0 saturated heterocycles. The maximum atomic E-state index is 12.6. The lowest BCUT2D eigenvalue weighted by Crippen LogP contribution is -2.26. The molecular formula is C17H20N2O4. The molecule has 0 aliphatic heterocycles. The van der Waals surface area contributed by atoms with E-state index in [1.54, 1.807) is 36.5 Å². The maximum absolute atomic E-state index is 12.6. The Morgan fingerprint density at radius 3 is 2.26 bits per heavy atom. The number of hydrogen-bond acceptors (Lipinski definition) is 5. The quantitative estimate of drug-likeness (QED) is 0.819. The molecule has 1 aromatic heterocycles. The van der Waals surface area contributed by atoms with Crippen LogP contribution < -0.4 is 14.2 Å². The molecule has 0 saturated carbocycles. The zero-order chi connectivity index (χ0) is 16.8. The Morgan fingerprint density at radius 1 is 1.13 bits per heavy atom. The molecule has 122 valence electrons. The summed E-state index contributed by atoms with van der Waals surface area (Å²) in [5, 5.41) is 0. The summed E-state index contributed by atoms with van der Waals surface area (Å²) in [6.07, 6.45) is 3.43. The normalized spacial score (nSPS) is 10.1. The van der Waals surface area contributed by atoms with Crippen molar-refractivity contribution in [2.75, 3.05) is 28.4 Å². The van der Waals surface area contributed by atoms with Crippen LogP contribution in [0, 0.1) is 0 Å². The van der Waals surface area contributed by atoms with E-state index >= 15 is 0 Å². The van der Waals surface area contributed by atoms with Gasteiger partial charge in [-0.15, -0.1) is 0 Å². The lowest BCUT2D eigenvalue weighted by molar-refractivity contribution is 0.0784. The minimum atomic E-state index is -0.145. The van der Waals surface area contributed by atoms with E-state index in [4.69, 9.17) is 14.2 Å². The van der Waals surface area contributed by atoms with Crippen LogP contribution in [0.5, 0.6) is 17.2 Å². The summed E-state index contributed by atoms with van der Waals surface area (Å²) < 4.78 is 15.8. The predicted molar refractivity (Wildman–Crippen MR) is 86.1 cm³/mol. The molecule has 0 fully saturated rings. The fraction of sp³-hybridized carbons (Fsp3) is 0.294. The van der Waals surface area contributed by atoms with Gasteiger partial charge < -0.3 is 19.1 Å². The summed E-state index contributed by atoms with van der Waals surface area (Å²) in [4.78, 5) is 18.3. The van der Waals surface area contributed by atoms with Crippen LogP contribution in [0.25, 0.3) is 0 Å². The van der Waals surface area contributed by atoms with Crippen molar-refractivity contribution in [3.05, 3.63) is 47.8 Å². The largest absolute Gasteiger partial charge is 0.493 e. The van der Waals surface area contributed by atoms with E-state index in [1.165, 1.54) is 21.3 Å². The van der Waals surface area contributed by atoms with E-state index < -0.39 is 0 Å². The fourth-order valence-corrected chi connectivity index (χ4v) is 2.26. The first-order valence-electron chi connectivity index (χ1n) is 7.05. The van der Waals surface area contributed by atoms with Crippen LogP contribution in [0.3, 0.4) is 0 Å². The van der Waals surface area contributed by atoms with Gasteiger partial charge in [-0.1, -0.05) is 6.07 Å². The molecule has 6 heteroatoms. The average Bonchev–Trinajstić information content (AvgIpc) is 2.60. The zero-order valence-electron chi connectivity index (χ0n) is 13.7. The average molecular weight is 316 g/mol. The second-order valence-corrected chi connectivity index (χ2v) is 4.94. The molecule has 0 atom stereocenters. The van der Waals surface area contributed by atoms with Crippen molar-refractivity contribution in [3.63, 3.8) is 0 Å². The van der Waals surface area contributed by atoms with Gasteiger partial charge in [-0.2, -0.15) is 0 Å². The lowest BCUT2D eigenvalue weighted by atomic mass is 10.1. The molecule has 1 heterocycles. The highest BCUT2D eigenvalue weighted by atomic mass is 16.5. The third-order valence-corrected chi connectivity index (χ3v) is 3.40. The number of nitrogens with zero attached hydrogens (tertiary/aromatic N) is 2. The van der Waals surface area contributed by atoms with E-state index in [-0.39, 0.29) is 5.91 Å². The minimum Gasteiger partial charge on any atom is -0.493 e. The summed E-state index contributed by atoms with van der Waals surface area (Å²) in [6.45, 7) is 0.462. The first-order chi connectivity index (χ1) is 11.1. The molecule has 0 aliphatic rings. The van der Waals surface area contributed by atoms with E-state index in [2.05, 4.69) is 4.98 Å². The van der Waals surface area contributed by atoms with Crippen LogP contribution in [0.4, 0.5) is 0 Å². The highest BCUT2D eigenvalue weighted by Crippen LogP contribution is 2.38. The number of carbonyl (C=O) groups excluding carboxylic acids is 1. The van der Waals surface area contributed by atoms with Crippen molar-refractivity contribution in [1.82, 2.24) is 9.88 Å². The molecule has 1 aromatic carbocycles. The molecule has 1 amide bonds. The van der Waals surface area contributed by atoms with Gasteiger partial charge in [-0.25, -0.2) is 0 Å². The van der Waals surface area contributed by atoms with Crippen molar-refractivity contribution >= 4 is 5.91 Å². The second-order valence-electron chi connectivity index (χ2n) is 4.94. The zero-order valence-corrected chi connectivity index (χ0v) is 13.7. The number of hydrogen-bond donors (Lipinski definition) is 0. The molecule has 23 heavy (non-hydrogen) atoms. The highest BCUT2D eigenvalue weighted by Gasteiger charge is 2.19. The Bertz CT molecular complexity index is 649. The Morgan fingerprint density at radius 2 is 1.78 bits per heavy atom. The van der Waals surface area contributed by atoms with Crippen molar-refractivity contribution < 1.29 is 19.0 Å². The van der Waals surface area contributed by atoms with Gasteiger partial charge >= 0.3 is 0 Å². The lowest BCUT2D eigenvalue weighted by Gasteiger charge is -2.19. The van der Waals surface area contributed by atoms with E-state index in [9.17, 15) is 4.79 Å². The number of aromatic nitrogens is 1. The number of carbonyl (C=O) groups is 1. The van der Waals surface area contributed by atoms with E-state index in [0.29, 0.717) is 29.4 Å². The van der Waals surface area contributed by atoms with E-state index in [1.807, 2.05) is 12.1 Å². The first kappa shape index (κ1) is 16.6. The van der Waals surface area contributed by atoms with Crippen LogP contribution in [0.2, 0.25) is 0 Å². The molecule has 2 aromatic rings. The molecule has 6 nitrogen and oxygen atoms in total. The van der Waals surface area contributed by atoms with Crippen molar-refractivity contribution in [2.24, 2.45) is 0 Å². The van der Waals surface area contributed by atoms with Crippen LogP contribution in [-0.2, 0) is 6.54 Å². The van der Waals surface area contributed by atoms with Gasteiger partial charge in [0.1, 0.15) is 0 Å².